The summed E-state index contributed by atoms with van der Waals surface area (Å²) >= 11 is 0. The fourth-order valence-electron chi connectivity index (χ4n) is 3.21. The van der Waals surface area contributed by atoms with Crippen LogP contribution in [0.1, 0.15) is 24.4 Å². The van der Waals surface area contributed by atoms with E-state index in [1.807, 2.05) is 6.07 Å². The molecule has 0 bridgehead atoms. The molecule has 1 aliphatic heterocycles. The largest absolute Gasteiger partial charge is 0.467 e. The van der Waals surface area contributed by atoms with E-state index in [-0.39, 0.29) is 11.7 Å². The van der Waals surface area contributed by atoms with Gasteiger partial charge in [-0.3, -0.25) is 9.36 Å². The number of nitro groups is 1. The maximum absolute atomic E-state index is 13.3. The number of esters is 1. The quantitative estimate of drug-likeness (QED) is 0.456. The van der Waals surface area contributed by atoms with Gasteiger partial charge >= 0.3 is 11.8 Å². The lowest BCUT2D eigenvalue weighted by Gasteiger charge is -2.27. The van der Waals surface area contributed by atoms with Crippen molar-refractivity contribution in [1.82, 2.24) is 14.5 Å². The average Bonchev–Trinajstić information content (AvgIpc) is 3.32. The molecule has 1 amide bonds. The summed E-state index contributed by atoms with van der Waals surface area (Å²) in [6, 6.07) is 7.41. The molecule has 2 aromatic rings. The lowest BCUT2D eigenvalue weighted by atomic mass is 10.0. The zero-order chi connectivity index (χ0) is 18.7. The van der Waals surface area contributed by atoms with Crippen LogP contribution >= 0.6 is 0 Å². The van der Waals surface area contributed by atoms with Crippen LogP contribution in [0.3, 0.4) is 0 Å². The molecule has 0 spiro atoms. The van der Waals surface area contributed by atoms with E-state index in [9.17, 15) is 19.7 Å². The smallest absolute Gasteiger partial charge is 0.381 e. The molecule has 3 rings (SSSR count). The Bertz CT molecular complexity index is 820. The molecule has 2 heterocycles. The van der Waals surface area contributed by atoms with Gasteiger partial charge in [-0.15, -0.1) is 0 Å². The Labute approximate surface area is 149 Å². The minimum atomic E-state index is -0.845. The van der Waals surface area contributed by atoms with E-state index in [1.165, 1.54) is 29.1 Å². The minimum Gasteiger partial charge on any atom is -0.467 e. The molecule has 1 aromatic carbocycles. The molecule has 136 valence electrons. The van der Waals surface area contributed by atoms with Gasteiger partial charge in [0.15, 0.2) is 0 Å². The number of methoxy groups -OCH3 is 1. The number of hydrogen-bond acceptors (Lipinski definition) is 6. The lowest BCUT2D eigenvalue weighted by molar-refractivity contribution is -0.389. The first-order chi connectivity index (χ1) is 12.5. The normalized spacial score (nSPS) is 17.7. The summed E-state index contributed by atoms with van der Waals surface area (Å²) in [5, 5.41) is 11.0. The monoisotopic (exact) mass is 358 g/mol. The molecule has 2 unspecified atom stereocenters. The predicted octanol–water partition coefficient (Wildman–Crippen LogP) is 1.54. The maximum atomic E-state index is 13.3. The Balaban J connectivity index is 1.99. The third-order valence-electron chi connectivity index (χ3n) is 4.43. The van der Waals surface area contributed by atoms with Crippen molar-refractivity contribution < 1.29 is 19.2 Å². The van der Waals surface area contributed by atoms with Crippen LogP contribution in [0.15, 0.2) is 42.9 Å². The van der Waals surface area contributed by atoms with Crippen molar-refractivity contribution in [3.8, 4) is 0 Å². The number of ether oxygens (including phenoxy) is 1. The van der Waals surface area contributed by atoms with Gasteiger partial charge in [-0.1, -0.05) is 30.3 Å². The van der Waals surface area contributed by atoms with Crippen LogP contribution in [0.2, 0.25) is 0 Å². The molecule has 26 heavy (non-hydrogen) atoms. The third-order valence-corrected chi connectivity index (χ3v) is 4.43. The number of aromatic nitrogens is 2. The zero-order valence-corrected chi connectivity index (χ0v) is 14.1. The van der Waals surface area contributed by atoms with Crippen LogP contribution in [-0.4, -0.2) is 50.9 Å². The lowest BCUT2D eigenvalue weighted by Crippen LogP contribution is -2.44. The van der Waals surface area contributed by atoms with Crippen molar-refractivity contribution in [2.45, 2.75) is 24.9 Å². The van der Waals surface area contributed by atoms with Gasteiger partial charge in [-0.05, 0) is 28.3 Å². The van der Waals surface area contributed by atoms with Gasteiger partial charge in [0.1, 0.15) is 18.3 Å². The Morgan fingerprint density at radius 2 is 2.08 bits per heavy atom. The highest BCUT2D eigenvalue weighted by Crippen LogP contribution is 2.27. The predicted molar refractivity (Wildman–Crippen MR) is 90.2 cm³/mol. The second-order valence-corrected chi connectivity index (χ2v) is 5.96. The van der Waals surface area contributed by atoms with E-state index in [2.05, 4.69) is 4.98 Å². The molecule has 2 atom stereocenters. The Morgan fingerprint density at radius 1 is 1.35 bits per heavy atom. The Morgan fingerprint density at radius 3 is 2.69 bits per heavy atom. The van der Waals surface area contributed by atoms with E-state index >= 15 is 0 Å². The van der Waals surface area contributed by atoms with E-state index < -0.39 is 23.0 Å². The number of carbonyl (C=O) groups excluding carboxylic acids is 2. The summed E-state index contributed by atoms with van der Waals surface area (Å²) in [6.45, 7) is 0.429. The summed E-state index contributed by atoms with van der Waals surface area (Å²) in [5.41, 5.74) is 0.653. The Hall–Kier alpha value is -3.23. The number of likely N-dealkylation sites (tertiary alicyclic amines) is 1. The van der Waals surface area contributed by atoms with Crippen molar-refractivity contribution in [2.24, 2.45) is 0 Å². The second-order valence-electron chi connectivity index (χ2n) is 5.96. The summed E-state index contributed by atoms with van der Waals surface area (Å²) in [7, 11) is 1.29. The van der Waals surface area contributed by atoms with Crippen molar-refractivity contribution in [3.05, 3.63) is 58.5 Å². The van der Waals surface area contributed by atoms with Crippen LogP contribution in [0.5, 0.6) is 0 Å². The van der Waals surface area contributed by atoms with Gasteiger partial charge in [-0.2, -0.15) is 0 Å². The van der Waals surface area contributed by atoms with Crippen LogP contribution < -0.4 is 0 Å². The molecule has 1 fully saturated rings. The molecular formula is C17H18N4O5. The van der Waals surface area contributed by atoms with Gasteiger partial charge in [-0.25, -0.2) is 4.79 Å². The number of nitrogens with zero attached hydrogens (tertiary/aromatic N) is 4. The topological polar surface area (TPSA) is 108 Å². The fraction of sp³-hybridized carbons (Fsp3) is 0.353. The SMILES string of the molecule is COC(=O)C1CCCN1C(=O)C(c1ccccc1)n1cnc([N+](=O)[O-])c1. The maximum Gasteiger partial charge on any atom is 0.381 e. The highest BCUT2D eigenvalue weighted by atomic mass is 16.6. The number of hydrogen-bond donors (Lipinski definition) is 0. The number of rotatable bonds is 5. The van der Waals surface area contributed by atoms with E-state index in [0.29, 0.717) is 24.9 Å². The molecular weight excluding hydrogens is 340 g/mol. The van der Waals surface area contributed by atoms with Crippen molar-refractivity contribution in [3.63, 3.8) is 0 Å². The molecule has 0 N–H and O–H groups in total. The van der Waals surface area contributed by atoms with Gasteiger partial charge in [0.25, 0.3) is 5.91 Å². The van der Waals surface area contributed by atoms with Crippen LogP contribution in [0.25, 0.3) is 0 Å². The number of imidazole rings is 1. The zero-order valence-electron chi connectivity index (χ0n) is 14.1. The first-order valence-electron chi connectivity index (χ1n) is 8.14. The van der Waals surface area contributed by atoms with Crippen molar-refractivity contribution in [2.75, 3.05) is 13.7 Å². The van der Waals surface area contributed by atoms with Crippen molar-refractivity contribution in [1.29, 1.82) is 0 Å². The van der Waals surface area contributed by atoms with Crippen molar-refractivity contribution >= 4 is 17.7 Å². The van der Waals surface area contributed by atoms with E-state index in [1.54, 1.807) is 24.3 Å². The first kappa shape index (κ1) is 17.6. The fourth-order valence-corrected chi connectivity index (χ4v) is 3.21. The van der Waals surface area contributed by atoms with E-state index in [4.69, 9.17) is 4.74 Å². The number of amides is 1. The molecule has 9 heteroatoms. The van der Waals surface area contributed by atoms with Gasteiger partial charge < -0.3 is 19.8 Å². The standard InChI is InChI=1S/C17H18N4O5/c1-26-17(23)13-8-5-9-20(13)16(22)15(12-6-3-2-4-7-12)19-10-14(18-11-19)21(24)25/h2-4,6-7,10-11,13,15H,5,8-9H2,1H3. The molecule has 9 nitrogen and oxygen atoms in total. The van der Waals surface area contributed by atoms with Crippen LogP contribution in [0, 0.1) is 10.1 Å². The Kier molecular flexibility index (Phi) is 4.97. The molecule has 1 saturated heterocycles. The third kappa shape index (κ3) is 3.28. The number of carbonyl (C=O) groups is 2. The summed E-state index contributed by atoms with van der Waals surface area (Å²) in [4.78, 5) is 40.8. The molecule has 0 radical (unpaired) electrons. The van der Waals surface area contributed by atoms with E-state index in [0.717, 1.165) is 0 Å². The minimum absolute atomic E-state index is 0.323. The van der Waals surface area contributed by atoms with Crippen LogP contribution in [0.4, 0.5) is 5.82 Å². The highest BCUT2D eigenvalue weighted by Gasteiger charge is 2.39. The molecule has 0 aliphatic carbocycles. The molecule has 1 aromatic heterocycles. The van der Waals surface area contributed by atoms with Crippen LogP contribution in [-0.2, 0) is 14.3 Å². The van der Waals surface area contributed by atoms with Gasteiger partial charge in [0, 0.05) is 6.54 Å². The van der Waals surface area contributed by atoms with Gasteiger partial charge in [0.05, 0.1) is 7.11 Å². The summed E-state index contributed by atoms with van der Waals surface area (Å²) in [5.74, 6) is -1.12. The number of benzene rings is 1. The highest BCUT2D eigenvalue weighted by molar-refractivity contribution is 5.89. The molecule has 0 saturated carbocycles. The average molecular weight is 358 g/mol. The summed E-state index contributed by atoms with van der Waals surface area (Å²) < 4.78 is 6.21. The second kappa shape index (κ2) is 7.34. The first-order valence-corrected chi connectivity index (χ1v) is 8.14. The van der Waals surface area contributed by atoms with Gasteiger partial charge in [0.2, 0.25) is 6.33 Å². The summed E-state index contributed by atoms with van der Waals surface area (Å²) in [6.07, 6.45) is 3.71. The molecule has 1 aliphatic rings.